The number of carbonyl (C=O) groups is 2. The van der Waals surface area contributed by atoms with Gasteiger partial charge in [-0.1, -0.05) is 60.7 Å². The van der Waals surface area contributed by atoms with Crippen LogP contribution in [0.4, 0.5) is 5.69 Å². The number of amides is 2. The van der Waals surface area contributed by atoms with E-state index in [-0.39, 0.29) is 24.3 Å². The van der Waals surface area contributed by atoms with Gasteiger partial charge in [0.1, 0.15) is 5.75 Å². The van der Waals surface area contributed by atoms with Crippen LogP contribution in [0.1, 0.15) is 12.8 Å². The Kier molecular flexibility index (Phi) is 6.62. The van der Waals surface area contributed by atoms with E-state index in [0.717, 1.165) is 16.8 Å². The van der Waals surface area contributed by atoms with Gasteiger partial charge in [-0.25, -0.2) is 0 Å². The van der Waals surface area contributed by atoms with Crippen LogP contribution in [0.25, 0.3) is 11.1 Å². The fourth-order valence-corrected chi connectivity index (χ4v) is 3.77. The maximum absolute atomic E-state index is 12.7. The third kappa shape index (κ3) is 5.51. The number of benzene rings is 3. The van der Waals surface area contributed by atoms with Crippen molar-refractivity contribution in [3.63, 3.8) is 0 Å². The van der Waals surface area contributed by atoms with E-state index in [1.54, 1.807) is 4.90 Å². The predicted octanol–water partition coefficient (Wildman–Crippen LogP) is 4.61. The number of hydrogen-bond acceptors (Lipinski definition) is 3. The highest BCUT2D eigenvalue weighted by atomic mass is 16.5. The molecule has 1 N–H and O–H groups in total. The summed E-state index contributed by atoms with van der Waals surface area (Å²) in [6.45, 7) is 1.17. The molecular weight excluding hydrogens is 388 g/mol. The second-order valence-corrected chi connectivity index (χ2v) is 7.69. The van der Waals surface area contributed by atoms with Gasteiger partial charge in [0, 0.05) is 24.7 Å². The lowest BCUT2D eigenvalue weighted by atomic mass is 9.95. The van der Waals surface area contributed by atoms with Crippen LogP contribution in [0.5, 0.6) is 5.75 Å². The zero-order valence-electron chi connectivity index (χ0n) is 17.4. The molecule has 5 nitrogen and oxygen atoms in total. The lowest BCUT2D eigenvalue weighted by molar-refractivity contribution is -0.136. The van der Waals surface area contributed by atoms with Crippen LogP contribution in [0.3, 0.4) is 0 Å². The van der Waals surface area contributed by atoms with Crippen molar-refractivity contribution >= 4 is 17.5 Å². The first-order valence-electron chi connectivity index (χ1n) is 10.6. The molecule has 1 fully saturated rings. The van der Waals surface area contributed by atoms with Gasteiger partial charge in [0.15, 0.2) is 6.61 Å². The van der Waals surface area contributed by atoms with E-state index in [1.807, 2.05) is 72.8 Å². The van der Waals surface area contributed by atoms with Crippen LogP contribution in [0.2, 0.25) is 0 Å². The largest absolute Gasteiger partial charge is 0.484 e. The summed E-state index contributed by atoms with van der Waals surface area (Å²) in [6.07, 6.45) is 1.32. The highest BCUT2D eigenvalue weighted by molar-refractivity contribution is 5.93. The summed E-state index contributed by atoms with van der Waals surface area (Å²) >= 11 is 0. The van der Waals surface area contributed by atoms with Crippen LogP contribution in [-0.4, -0.2) is 36.4 Å². The Hall–Kier alpha value is -3.60. The minimum Gasteiger partial charge on any atom is -0.484 e. The zero-order chi connectivity index (χ0) is 21.5. The van der Waals surface area contributed by atoms with Crippen molar-refractivity contribution in [3.8, 4) is 16.9 Å². The summed E-state index contributed by atoms with van der Waals surface area (Å²) in [6, 6.07) is 27.3. The molecule has 31 heavy (non-hydrogen) atoms. The van der Waals surface area contributed by atoms with Crippen molar-refractivity contribution in [3.05, 3.63) is 84.9 Å². The van der Waals surface area contributed by atoms with Crippen LogP contribution >= 0.6 is 0 Å². The molecule has 0 spiro atoms. The quantitative estimate of drug-likeness (QED) is 0.641. The van der Waals surface area contributed by atoms with Crippen LogP contribution in [0, 0.1) is 5.92 Å². The minimum absolute atomic E-state index is 0.0140. The molecular formula is C26H26N2O3. The number of piperidine rings is 1. The fourth-order valence-electron chi connectivity index (χ4n) is 3.77. The molecule has 0 bridgehead atoms. The Morgan fingerprint density at radius 2 is 1.39 bits per heavy atom. The highest BCUT2D eigenvalue weighted by Crippen LogP contribution is 2.23. The Labute approximate surface area is 182 Å². The molecule has 158 valence electrons. The summed E-state index contributed by atoms with van der Waals surface area (Å²) in [4.78, 5) is 26.8. The summed E-state index contributed by atoms with van der Waals surface area (Å²) in [5, 5.41) is 3.01. The van der Waals surface area contributed by atoms with E-state index in [4.69, 9.17) is 4.74 Å². The number of hydrogen-bond donors (Lipinski definition) is 1. The van der Waals surface area contributed by atoms with Crippen LogP contribution in [0.15, 0.2) is 84.9 Å². The zero-order valence-corrected chi connectivity index (χ0v) is 17.4. The van der Waals surface area contributed by atoms with Crippen molar-refractivity contribution in [1.29, 1.82) is 0 Å². The summed E-state index contributed by atoms with van der Waals surface area (Å²) in [5.41, 5.74) is 3.05. The van der Waals surface area contributed by atoms with Gasteiger partial charge in [0.05, 0.1) is 0 Å². The topological polar surface area (TPSA) is 58.6 Å². The van der Waals surface area contributed by atoms with Crippen molar-refractivity contribution in [2.24, 2.45) is 5.92 Å². The molecule has 1 heterocycles. The van der Waals surface area contributed by atoms with Gasteiger partial charge >= 0.3 is 0 Å². The monoisotopic (exact) mass is 414 g/mol. The van der Waals surface area contributed by atoms with Gasteiger partial charge in [-0.15, -0.1) is 0 Å². The first-order valence-corrected chi connectivity index (χ1v) is 10.6. The van der Waals surface area contributed by atoms with E-state index in [9.17, 15) is 9.59 Å². The Balaban J connectivity index is 1.24. The predicted molar refractivity (Wildman–Crippen MR) is 122 cm³/mol. The minimum atomic E-state index is -0.0899. The van der Waals surface area contributed by atoms with E-state index in [2.05, 4.69) is 17.4 Å². The number of rotatable bonds is 6. The molecule has 3 aromatic carbocycles. The Morgan fingerprint density at radius 3 is 2.03 bits per heavy atom. The van der Waals surface area contributed by atoms with Gasteiger partial charge in [0.2, 0.25) is 5.91 Å². The lowest BCUT2D eigenvalue weighted by Crippen LogP contribution is -2.43. The Bertz CT molecular complexity index is 996. The molecule has 0 atom stereocenters. The molecule has 5 heteroatoms. The normalized spacial score (nSPS) is 14.1. The number of nitrogens with zero attached hydrogens (tertiary/aromatic N) is 1. The van der Waals surface area contributed by atoms with Crippen molar-refractivity contribution in [2.45, 2.75) is 12.8 Å². The first kappa shape index (κ1) is 20.7. The van der Waals surface area contributed by atoms with E-state index >= 15 is 0 Å². The van der Waals surface area contributed by atoms with E-state index < -0.39 is 0 Å². The van der Waals surface area contributed by atoms with Gasteiger partial charge in [-0.05, 0) is 48.2 Å². The second kappa shape index (κ2) is 9.94. The molecule has 0 radical (unpaired) electrons. The molecule has 0 saturated carbocycles. The van der Waals surface area contributed by atoms with Crippen molar-refractivity contribution in [2.75, 3.05) is 25.0 Å². The smallest absolute Gasteiger partial charge is 0.260 e. The van der Waals surface area contributed by atoms with Crippen LogP contribution in [-0.2, 0) is 9.59 Å². The average molecular weight is 415 g/mol. The number of para-hydroxylation sites is 1. The van der Waals surface area contributed by atoms with Gasteiger partial charge in [-0.2, -0.15) is 0 Å². The molecule has 2 amide bonds. The van der Waals surface area contributed by atoms with Gasteiger partial charge < -0.3 is 15.0 Å². The second-order valence-electron chi connectivity index (χ2n) is 7.69. The SMILES string of the molecule is O=C(Nc1ccc(-c2ccccc2)cc1)C1CCN(C(=O)COc2ccccc2)CC1. The standard InChI is InChI=1S/C26H26N2O3/c29-25(19-31-24-9-5-2-6-10-24)28-17-15-22(16-18-28)26(30)27-23-13-11-21(12-14-23)20-7-3-1-4-8-20/h1-14,22H,15-19H2,(H,27,30). The third-order valence-electron chi connectivity index (χ3n) is 5.58. The average Bonchev–Trinajstić information content (AvgIpc) is 2.84. The molecule has 0 unspecified atom stereocenters. The fraction of sp³-hybridized carbons (Fsp3) is 0.231. The molecule has 1 saturated heterocycles. The Morgan fingerprint density at radius 1 is 0.806 bits per heavy atom. The maximum atomic E-state index is 12.7. The summed E-state index contributed by atoms with van der Waals surface area (Å²) < 4.78 is 5.55. The molecule has 4 rings (SSSR count). The summed E-state index contributed by atoms with van der Waals surface area (Å²) in [5.74, 6) is 0.565. The van der Waals surface area contributed by atoms with Crippen molar-refractivity contribution in [1.82, 2.24) is 4.90 Å². The van der Waals surface area contributed by atoms with Gasteiger partial charge in [-0.3, -0.25) is 9.59 Å². The lowest BCUT2D eigenvalue weighted by Gasteiger charge is -2.31. The van der Waals surface area contributed by atoms with Crippen molar-refractivity contribution < 1.29 is 14.3 Å². The summed E-state index contributed by atoms with van der Waals surface area (Å²) in [7, 11) is 0. The number of likely N-dealkylation sites (tertiary alicyclic amines) is 1. The third-order valence-corrected chi connectivity index (χ3v) is 5.58. The van der Waals surface area contributed by atoms with E-state index in [1.165, 1.54) is 0 Å². The first-order chi connectivity index (χ1) is 15.2. The van der Waals surface area contributed by atoms with Gasteiger partial charge in [0.25, 0.3) is 5.91 Å². The maximum Gasteiger partial charge on any atom is 0.260 e. The number of ether oxygens (including phenoxy) is 1. The molecule has 0 aliphatic carbocycles. The van der Waals surface area contributed by atoms with Crippen LogP contribution < -0.4 is 10.1 Å². The number of anilines is 1. The molecule has 1 aliphatic rings. The molecule has 1 aliphatic heterocycles. The highest BCUT2D eigenvalue weighted by Gasteiger charge is 2.27. The number of nitrogens with one attached hydrogen (secondary N) is 1. The molecule has 3 aromatic rings. The number of carbonyl (C=O) groups excluding carboxylic acids is 2. The van der Waals surface area contributed by atoms with E-state index in [0.29, 0.717) is 31.7 Å². The molecule has 0 aromatic heterocycles.